The molecule has 2 aliphatic heterocycles. The molecule has 1 fully saturated rings. The third kappa shape index (κ3) is 1.33. The molecule has 2 heterocycles. The van der Waals surface area contributed by atoms with Gasteiger partial charge in [-0.15, -0.1) is 0 Å². The van der Waals surface area contributed by atoms with E-state index in [0.29, 0.717) is 12.0 Å². The maximum absolute atomic E-state index is 13.4. The summed E-state index contributed by atoms with van der Waals surface area (Å²) in [6.07, 6.45) is 5.65. The van der Waals surface area contributed by atoms with Crippen molar-refractivity contribution in [2.24, 2.45) is 10.9 Å². The molecule has 2 nitrogen and oxygen atoms in total. The fraction of sp³-hybridized carbons (Fsp3) is 0.308. The van der Waals surface area contributed by atoms with E-state index in [2.05, 4.69) is 44.6 Å². The van der Waals surface area contributed by atoms with Crippen LogP contribution in [0.1, 0.15) is 12.0 Å². The zero-order valence-electron chi connectivity index (χ0n) is 9.03. The van der Waals surface area contributed by atoms with E-state index < -0.39 is 0 Å². The van der Waals surface area contributed by atoms with E-state index in [1.807, 2.05) is 0 Å². The third-order valence-electron chi connectivity index (χ3n) is 3.79. The highest BCUT2D eigenvalue weighted by molar-refractivity contribution is 14.1. The Morgan fingerprint density at radius 2 is 2.24 bits per heavy atom. The first-order valence-corrected chi connectivity index (χ1v) is 6.82. The Hall–Kier alpha value is -0.910. The summed E-state index contributed by atoms with van der Waals surface area (Å²) >= 11 is 2.20. The van der Waals surface area contributed by atoms with Gasteiger partial charge in [-0.3, -0.25) is 0 Å². The predicted molar refractivity (Wildman–Crippen MR) is 72.8 cm³/mol. The summed E-state index contributed by atoms with van der Waals surface area (Å²) in [5.74, 6) is 1.39. The number of fused-ring (bicyclic) bond motifs is 6. The molecule has 1 aromatic carbocycles. The number of hydrogen-bond acceptors (Lipinski definition) is 2. The minimum Gasteiger partial charge on any atom is -0.349 e. The van der Waals surface area contributed by atoms with E-state index in [4.69, 9.17) is 0 Å². The number of nitrogens with zero attached hydrogens (tertiary/aromatic N) is 2. The van der Waals surface area contributed by atoms with E-state index >= 15 is 0 Å². The summed E-state index contributed by atoms with van der Waals surface area (Å²) in [4.78, 5) is 7.01. The van der Waals surface area contributed by atoms with Crippen LogP contribution in [-0.4, -0.2) is 16.8 Å². The first-order chi connectivity index (χ1) is 8.22. The molecular formula is C13H10FIN2. The van der Waals surface area contributed by atoms with Gasteiger partial charge in [0, 0.05) is 27.6 Å². The molecule has 2 atom stereocenters. The molecule has 2 bridgehead atoms. The first-order valence-electron chi connectivity index (χ1n) is 5.74. The van der Waals surface area contributed by atoms with Crippen molar-refractivity contribution in [3.63, 3.8) is 0 Å². The number of hydrogen-bond donors (Lipinski definition) is 0. The maximum Gasteiger partial charge on any atom is 0.126 e. The van der Waals surface area contributed by atoms with Gasteiger partial charge in [-0.25, -0.2) is 9.38 Å². The highest BCUT2D eigenvalue weighted by atomic mass is 127. The quantitative estimate of drug-likeness (QED) is 0.523. The summed E-state index contributed by atoms with van der Waals surface area (Å²) in [5.41, 5.74) is 1.98. The van der Waals surface area contributed by atoms with Crippen molar-refractivity contribution in [1.82, 2.24) is 4.90 Å². The van der Waals surface area contributed by atoms with Crippen LogP contribution in [0.3, 0.4) is 0 Å². The highest BCUT2D eigenvalue weighted by Crippen LogP contribution is 2.41. The van der Waals surface area contributed by atoms with Crippen LogP contribution in [0.5, 0.6) is 0 Å². The van der Waals surface area contributed by atoms with Gasteiger partial charge in [0.05, 0.1) is 5.69 Å². The van der Waals surface area contributed by atoms with Crippen LogP contribution in [0.25, 0.3) is 0 Å². The van der Waals surface area contributed by atoms with Crippen LogP contribution >= 0.6 is 22.6 Å². The lowest BCUT2D eigenvalue weighted by Crippen LogP contribution is -2.36. The van der Waals surface area contributed by atoms with Gasteiger partial charge in [0.1, 0.15) is 11.7 Å². The van der Waals surface area contributed by atoms with Gasteiger partial charge >= 0.3 is 0 Å². The van der Waals surface area contributed by atoms with Gasteiger partial charge in [0.15, 0.2) is 0 Å². The van der Waals surface area contributed by atoms with Crippen molar-refractivity contribution >= 4 is 34.1 Å². The number of benzene rings is 1. The maximum atomic E-state index is 13.4. The molecule has 0 saturated carbocycles. The Kier molecular flexibility index (Phi) is 1.96. The van der Waals surface area contributed by atoms with Crippen molar-refractivity contribution < 1.29 is 4.39 Å². The first kappa shape index (κ1) is 10.1. The molecule has 1 aromatic rings. The molecule has 3 aliphatic rings. The SMILES string of the molecule is Fc1cc(I)c2c(c1)N=C1C3C=CC(C3)N1C2. The van der Waals surface area contributed by atoms with Crippen LogP contribution in [0.15, 0.2) is 29.3 Å². The largest absolute Gasteiger partial charge is 0.349 e. The Labute approximate surface area is 112 Å². The van der Waals surface area contributed by atoms with Gasteiger partial charge in [-0.1, -0.05) is 12.2 Å². The van der Waals surface area contributed by atoms with E-state index in [1.54, 1.807) is 12.1 Å². The fourth-order valence-corrected chi connectivity index (χ4v) is 3.71. The minimum atomic E-state index is -0.190. The molecule has 0 spiro atoms. The standard InChI is InChI=1S/C13H10FIN2/c14-8-4-11(15)10-6-17-9-2-1-7(3-9)13(17)16-12(10)5-8/h1-2,4-5,7,9H,3,6H2. The molecule has 2 unspecified atom stereocenters. The van der Waals surface area contributed by atoms with E-state index in [1.165, 1.54) is 0 Å². The van der Waals surface area contributed by atoms with Crippen molar-refractivity contribution in [2.45, 2.75) is 19.0 Å². The number of rotatable bonds is 0. The van der Waals surface area contributed by atoms with Gasteiger partial charge in [0.25, 0.3) is 0 Å². The van der Waals surface area contributed by atoms with Crippen LogP contribution < -0.4 is 0 Å². The Morgan fingerprint density at radius 1 is 1.35 bits per heavy atom. The second-order valence-corrected chi connectivity index (χ2v) is 5.94. The summed E-state index contributed by atoms with van der Waals surface area (Å²) < 4.78 is 14.4. The van der Waals surface area contributed by atoms with E-state index in [0.717, 1.165) is 33.6 Å². The van der Waals surface area contributed by atoms with Crippen molar-refractivity contribution in [3.8, 4) is 0 Å². The molecule has 1 saturated heterocycles. The monoisotopic (exact) mass is 340 g/mol. The second kappa shape index (κ2) is 3.31. The van der Waals surface area contributed by atoms with Crippen LogP contribution in [-0.2, 0) is 6.54 Å². The zero-order chi connectivity index (χ0) is 11.6. The molecule has 4 rings (SSSR count). The van der Waals surface area contributed by atoms with Gasteiger partial charge in [-0.2, -0.15) is 0 Å². The minimum absolute atomic E-state index is 0.190. The van der Waals surface area contributed by atoms with Gasteiger partial charge in [-0.05, 0) is 41.1 Å². The van der Waals surface area contributed by atoms with Crippen LogP contribution in [0.2, 0.25) is 0 Å². The van der Waals surface area contributed by atoms with E-state index in [-0.39, 0.29) is 5.82 Å². The Balaban J connectivity index is 1.90. The van der Waals surface area contributed by atoms with Crippen molar-refractivity contribution in [3.05, 3.63) is 39.2 Å². The highest BCUT2D eigenvalue weighted by Gasteiger charge is 2.41. The predicted octanol–water partition coefficient (Wildman–Crippen LogP) is 3.23. The zero-order valence-corrected chi connectivity index (χ0v) is 11.2. The molecular weight excluding hydrogens is 330 g/mol. The lowest BCUT2D eigenvalue weighted by Gasteiger charge is -2.32. The molecule has 0 amide bonds. The normalized spacial score (nSPS) is 28.1. The summed E-state index contributed by atoms with van der Waals surface area (Å²) in [5, 5.41) is 0. The lowest BCUT2D eigenvalue weighted by atomic mass is 10.1. The smallest absolute Gasteiger partial charge is 0.126 e. The average Bonchev–Trinajstić information content (AvgIpc) is 2.87. The molecule has 86 valence electrons. The van der Waals surface area contributed by atoms with Gasteiger partial charge in [0.2, 0.25) is 0 Å². The lowest BCUT2D eigenvalue weighted by molar-refractivity contribution is 0.376. The van der Waals surface area contributed by atoms with Gasteiger partial charge < -0.3 is 4.90 Å². The second-order valence-electron chi connectivity index (χ2n) is 4.78. The molecule has 0 aromatic heterocycles. The fourth-order valence-electron chi connectivity index (χ4n) is 2.97. The van der Waals surface area contributed by atoms with Crippen molar-refractivity contribution in [1.29, 1.82) is 0 Å². The third-order valence-corrected chi connectivity index (χ3v) is 4.75. The average molecular weight is 340 g/mol. The number of amidine groups is 1. The molecule has 0 radical (unpaired) electrons. The van der Waals surface area contributed by atoms with Crippen LogP contribution in [0, 0.1) is 15.3 Å². The molecule has 0 N–H and O–H groups in total. The molecule has 17 heavy (non-hydrogen) atoms. The molecule has 1 aliphatic carbocycles. The topological polar surface area (TPSA) is 15.6 Å². The summed E-state index contributed by atoms with van der Waals surface area (Å²) in [7, 11) is 0. The van der Waals surface area contributed by atoms with E-state index in [9.17, 15) is 4.39 Å². The number of halogens is 2. The summed E-state index contributed by atoms with van der Waals surface area (Å²) in [6, 6.07) is 3.65. The Morgan fingerprint density at radius 3 is 3.12 bits per heavy atom. The number of aliphatic imine (C=N–C) groups is 1. The van der Waals surface area contributed by atoms with Crippen molar-refractivity contribution in [2.75, 3.05) is 0 Å². The summed E-state index contributed by atoms with van der Waals surface area (Å²) in [6.45, 7) is 0.873. The van der Waals surface area contributed by atoms with Crippen LogP contribution in [0.4, 0.5) is 10.1 Å². The Bertz CT molecular complexity index is 579. The molecule has 4 heteroatoms.